The fraction of sp³-hybridized carbons (Fsp3) is 0.462. The van der Waals surface area contributed by atoms with Crippen molar-refractivity contribution in [2.24, 2.45) is 0 Å². The van der Waals surface area contributed by atoms with Crippen molar-refractivity contribution in [1.29, 1.82) is 0 Å². The molecule has 0 atom stereocenters. The molecule has 1 saturated heterocycles. The van der Waals surface area contributed by atoms with E-state index in [1.807, 2.05) is 25.2 Å². The van der Waals surface area contributed by atoms with Crippen molar-refractivity contribution < 1.29 is 9.90 Å². The summed E-state index contributed by atoms with van der Waals surface area (Å²) in [7, 11) is 2.01. The number of hydrogen-bond acceptors (Lipinski definition) is 3. The summed E-state index contributed by atoms with van der Waals surface area (Å²) in [5, 5.41) is 10.3. The number of aliphatic hydroxyl groups is 1. The molecule has 0 amide bonds. The number of halogens is 1. The highest BCUT2D eigenvalue weighted by molar-refractivity contribution is 6.02. The number of benzene rings is 1. The summed E-state index contributed by atoms with van der Waals surface area (Å²) in [6.07, 6.45) is 1.05. The van der Waals surface area contributed by atoms with Crippen LogP contribution in [0.15, 0.2) is 30.3 Å². The second-order valence-corrected chi connectivity index (χ2v) is 4.53. The van der Waals surface area contributed by atoms with Crippen LogP contribution >= 0.6 is 12.4 Å². The van der Waals surface area contributed by atoms with Crippen molar-refractivity contribution in [3.63, 3.8) is 0 Å². The van der Waals surface area contributed by atoms with Gasteiger partial charge < -0.3 is 10.0 Å². The normalized spacial score (nSPS) is 19.4. The van der Waals surface area contributed by atoms with Gasteiger partial charge in [-0.15, -0.1) is 12.4 Å². The van der Waals surface area contributed by atoms with Crippen molar-refractivity contribution in [3.8, 4) is 0 Å². The Labute approximate surface area is 108 Å². The van der Waals surface area contributed by atoms with Gasteiger partial charge in [0.15, 0.2) is 5.78 Å². The highest BCUT2D eigenvalue weighted by Gasteiger charge is 2.38. The second kappa shape index (κ2) is 5.63. The lowest BCUT2D eigenvalue weighted by atomic mass is 9.84. The van der Waals surface area contributed by atoms with Crippen molar-refractivity contribution in [2.75, 3.05) is 20.1 Å². The third kappa shape index (κ3) is 3.06. The van der Waals surface area contributed by atoms with Gasteiger partial charge in [0, 0.05) is 18.7 Å². The average molecular weight is 256 g/mol. The molecule has 0 saturated carbocycles. The first-order valence-electron chi connectivity index (χ1n) is 5.63. The van der Waals surface area contributed by atoms with Crippen molar-refractivity contribution in [1.82, 2.24) is 4.90 Å². The molecule has 1 heterocycles. The molecule has 1 aromatic rings. The first-order chi connectivity index (χ1) is 7.62. The molecule has 1 fully saturated rings. The molecule has 0 spiro atoms. The van der Waals surface area contributed by atoms with E-state index in [0.29, 0.717) is 18.4 Å². The first-order valence-corrected chi connectivity index (χ1v) is 5.63. The maximum atomic E-state index is 12.2. The molecular formula is C13H18ClNO2. The molecule has 0 radical (unpaired) electrons. The van der Waals surface area contributed by atoms with Crippen LogP contribution in [0.4, 0.5) is 0 Å². The van der Waals surface area contributed by atoms with Gasteiger partial charge in [0.1, 0.15) is 5.60 Å². The second-order valence-electron chi connectivity index (χ2n) is 4.53. The molecular weight excluding hydrogens is 238 g/mol. The predicted molar refractivity (Wildman–Crippen MR) is 69.7 cm³/mol. The highest BCUT2D eigenvalue weighted by Crippen LogP contribution is 2.25. The predicted octanol–water partition coefficient (Wildman–Crippen LogP) is 1.75. The number of Topliss-reactive ketones (excluding diaryl/α,β-unsaturated/α-hetero) is 1. The third-order valence-corrected chi connectivity index (χ3v) is 3.27. The molecule has 3 nitrogen and oxygen atoms in total. The zero-order chi connectivity index (χ0) is 11.6. The Kier molecular flexibility index (Phi) is 4.69. The number of hydrogen-bond donors (Lipinski definition) is 1. The molecule has 17 heavy (non-hydrogen) atoms. The number of carbonyl (C=O) groups excluding carboxylic acids is 1. The van der Waals surface area contributed by atoms with E-state index in [1.165, 1.54) is 0 Å². The Morgan fingerprint density at radius 2 is 1.76 bits per heavy atom. The number of piperidine rings is 1. The lowest BCUT2D eigenvalue weighted by molar-refractivity contribution is -0.00196. The molecule has 0 bridgehead atoms. The number of ketones is 1. The Balaban J connectivity index is 0.00000144. The molecule has 2 rings (SSSR count). The van der Waals surface area contributed by atoms with Crippen LogP contribution in [-0.2, 0) is 0 Å². The molecule has 0 aliphatic carbocycles. The Hall–Kier alpha value is -0.900. The van der Waals surface area contributed by atoms with Crippen LogP contribution in [0.3, 0.4) is 0 Å². The van der Waals surface area contributed by atoms with Crippen LogP contribution in [0, 0.1) is 0 Å². The van der Waals surface area contributed by atoms with Gasteiger partial charge >= 0.3 is 0 Å². The zero-order valence-corrected chi connectivity index (χ0v) is 10.7. The molecule has 1 aromatic carbocycles. The van der Waals surface area contributed by atoms with Crippen LogP contribution in [0.25, 0.3) is 0 Å². The van der Waals surface area contributed by atoms with Crippen LogP contribution in [-0.4, -0.2) is 41.5 Å². The quantitative estimate of drug-likeness (QED) is 0.819. The number of nitrogens with zero attached hydrogens (tertiary/aromatic N) is 1. The van der Waals surface area contributed by atoms with Crippen LogP contribution in [0.1, 0.15) is 23.2 Å². The summed E-state index contributed by atoms with van der Waals surface area (Å²) in [5.74, 6) is -0.138. The van der Waals surface area contributed by atoms with Gasteiger partial charge in [0.25, 0.3) is 0 Å². The van der Waals surface area contributed by atoms with Gasteiger partial charge in [0.2, 0.25) is 0 Å². The van der Waals surface area contributed by atoms with Gasteiger partial charge in [-0.1, -0.05) is 30.3 Å². The van der Waals surface area contributed by atoms with Crippen LogP contribution in [0.5, 0.6) is 0 Å². The molecule has 1 aliphatic rings. The minimum absolute atomic E-state index is 0. The standard InChI is InChI=1S/C13H17NO2.ClH/c1-14-9-7-13(16,8-10-14)12(15)11-5-3-2-4-6-11;/h2-6,16H,7-10H2,1H3;1H. The smallest absolute Gasteiger partial charge is 0.194 e. The van der Waals surface area contributed by atoms with E-state index < -0.39 is 5.60 Å². The molecule has 1 aliphatic heterocycles. The van der Waals surface area contributed by atoms with Crippen molar-refractivity contribution in [2.45, 2.75) is 18.4 Å². The maximum Gasteiger partial charge on any atom is 0.194 e. The summed E-state index contributed by atoms with van der Waals surface area (Å²) in [5.41, 5.74) is -0.553. The summed E-state index contributed by atoms with van der Waals surface area (Å²) >= 11 is 0. The lowest BCUT2D eigenvalue weighted by Crippen LogP contribution is -2.48. The molecule has 0 unspecified atom stereocenters. The van der Waals surface area contributed by atoms with E-state index in [0.717, 1.165) is 13.1 Å². The zero-order valence-electron chi connectivity index (χ0n) is 9.93. The Morgan fingerprint density at radius 3 is 2.29 bits per heavy atom. The van der Waals surface area contributed by atoms with Gasteiger partial charge in [-0.3, -0.25) is 4.79 Å². The van der Waals surface area contributed by atoms with E-state index in [-0.39, 0.29) is 18.2 Å². The largest absolute Gasteiger partial charge is 0.382 e. The molecule has 94 valence electrons. The minimum Gasteiger partial charge on any atom is -0.382 e. The molecule has 0 aromatic heterocycles. The number of rotatable bonds is 2. The highest BCUT2D eigenvalue weighted by atomic mass is 35.5. The van der Waals surface area contributed by atoms with Crippen molar-refractivity contribution >= 4 is 18.2 Å². The van der Waals surface area contributed by atoms with Gasteiger partial charge in [0.05, 0.1) is 0 Å². The molecule has 1 N–H and O–H groups in total. The summed E-state index contributed by atoms with van der Waals surface area (Å²) in [4.78, 5) is 14.3. The van der Waals surface area contributed by atoms with Crippen LogP contribution in [0.2, 0.25) is 0 Å². The monoisotopic (exact) mass is 255 g/mol. The van der Waals surface area contributed by atoms with Gasteiger partial charge in [-0.2, -0.15) is 0 Å². The van der Waals surface area contributed by atoms with Crippen LogP contribution < -0.4 is 0 Å². The average Bonchev–Trinajstić information content (AvgIpc) is 2.33. The topological polar surface area (TPSA) is 40.5 Å². The first kappa shape index (κ1) is 14.2. The maximum absolute atomic E-state index is 12.2. The summed E-state index contributed by atoms with van der Waals surface area (Å²) in [6, 6.07) is 9.05. The van der Waals surface area contributed by atoms with Gasteiger partial charge in [-0.05, 0) is 19.9 Å². The van der Waals surface area contributed by atoms with E-state index in [9.17, 15) is 9.90 Å². The van der Waals surface area contributed by atoms with Gasteiger partial charge in [-0.25, -0.2) is 0 Å². The van der Waals surface area contributed by atoms with Crippen molar-refractivity contribution in [3.05, 3.63) is 35.9 Å². The number of carbonyl (C=O) groups is 1. The fourth-order valence-electron chi connectivity index (χ4n) is 2.07. The van der Waals surface area contributed by atoms with E-state index >= 15 is 0 Å². The van der Waals surface area contributed by atoms with E-state index in [2.05, 4.69) is 4.90 Å². The van der Waals surface area contributed by atoms with E-state index in [4.69, 9.17) is 0 Å². The molecule has 4 heteroatoms. The Bertz CT molecular complexity index is 372. The Morgan fingerprint density at radius 1 is 1.24 bits per heavy atom. The SMILES string of the molecule is CN1CCC(O)(C(=O)c2ccccc2)CC1.Cl. The third-order valence-electron chi connectivity index (χ3n) is 3.27. The minimum atomic E-state index is -1.16. The van der Waals surface area contributed by atoms with E-state index in [1.54, 1.807) is 12.1 Å². The summed E-state index contributed by atoms with van der Waals surface area (Å²) < 4.78 is 0. The number of likely N-dealkylation sites (tertiary alicyclic amines) is 1. The fourth-order valence-corrected chi connectivity index (χ4v) is 2.07. The summed E-state index contributed by atoms with van der Waals surface area (Å²) in [6.45, 7) is 1.55. The lowest BCUT2D eigenvalue weighted by Gasteiger charge is -2.35.